The highest BCUT2D eigenvalue weighted by atomic mass is 16.2. The molecule has 4 heteroatoms. The molecular formula is C16H17N3O. The Morgan fingerprint density at radius 3 is 2.75 bits per heavy atom. The van der Waals surface area contributed by atoms with E-state index in [9.17, 15) is 4.79 Å². The lowest BCUT2D eigenvalue weighted by molar-refractivity contribution is -0.117. The lowest BCUT2D eigenvalue weighted by Crippen LogP contribution is -2.29. The highest BCUT2D eigenvalue weighted by Crippen LogP contribution is 2.33. The van der Waals surface area contributed by atoms with Gasteiger partial charge in [0, 0.05) is 29.7 Å². The minimum absolute atomic E-state index is 0.00602. The van der Waals surface area contributed by atoms with Crippen LogP contribution in [0.3, 0.4) is 0 Å². The van der Waals surface area contributed by atoms with E-state index in [1.54, 1.807) is 12.4 Å². The third-order valence-electron chi connectivity index (χ3n) is 3.66. The predicted molar refractivity (Wildman–Crippen MR) is 78.3 cm³/mol. The maximum atomic E-state index is 12.1. The van der Waals surface area contributed by atoms with Crippen LogP contribution >= 0.6 is 0 Å². The fourth-order valence-electron chi connectivity index (χ4n) is 2.54. The Kier molecular flexibility index (Phi) is 3.24. The van der Waals surface area contributed by atoms with E-state index in [4.69, 9.17) is 0 Å². The molecule has 1 aliphatic rings. The number of rotatable bonds is 3. The standard InChI is InChI=1S/C16H17N3O/c1-10-3-4-14-13(9-10)15(16(20)19-14)18-11(2)12-5-7-17-8-6-12/h3-9,11,15,18H,1-2H3,(H,19,20). The normalized spacial score (nSPS) is 18.5. The molecule has 0 fully saturated rings. The molecule has 0 spiro atoms. The van der Waals surface area contributed by atoms with Gasteiger partial charge in [0.25, 0.3) is 0 Å². The number of fused-ring (bicyclic) bond motifs is 1. The van der Waals surface area contributed by atoms with Crippen LogP contribution in [0.25, 0.3) is 0 Å². The van der Waals surface area contributed by atoms with Gasteiger partial charge in [0.2, 0.25) is 5.91 Å². The van der Waals surface area contributed by atoms with Gasteiger partial charge in [-0.15, -0.1) is 0 Å². The monoisotopic (exact) mass is 267 g/mol. The molecule has 2 unspecified atom stereocenters. The lowest BCUT2D eigenvalue weighted by Gasteiger charge is -2.19. The maximum absolute atomic E-state index is 12.1. The van der Waals surface area contributed by atoms with Gasteiger partial charge in [-0.05, 0) is 37.6 Å². The summed E-state index contributed by atoms with van der Waals surface area (Å²) in [6.07, 6.45) is 3.53. The van der Waals surface area contributed by atoms with Crippen molar-refractivity contribution in [1.29, 1.82) is 0 Å². The molecule has 1 aliphatic heterocycles. The van der Waals surface area contributed by atoms with Gasteiger partial charge in [0.15, 0.2) is 0 Å². The number of hydrogen-bond donors (Lipinski definition) is 2. The van der Waals surface area contributed by atoms with E-state index in [2.05, 4.69) is 28.6 Å². The highest BCUT2D eigenvalue weighted by Gasteiger charge is 2.31. The molecule has 0 bridgehead atoms. The van der Waals surface area contributed by atoms with Crippen molar-refractivity contribution in [3.8, 4) is 0 Å². The summed E-state index contributed by atoms with van der Waals surface area (Å²) >= 11 is 0. The van der Waals surface area contributed by atoms with E-state index < -0.39 is 0 Å². The van der Waals surface area contributed by atoms with Crippen LogP contribution in [0.5, 0.6) is 0 Å². The summed E-state index contributed by atoms with van der Waals surface area (Å²) in [7, 11) is 0. The number of hydrogen-bond acceptors (Lipinski definition) is 3. The quantitative estimate of drug-likeness (QED) is 0.899. The van der Waals surface area contributed by atoms with Gasteiger partial charge in [-0.2, -0.15) is 0 Å². The third kappa shape index (κ3) is 2.30. The van der Waals surface area contributed by atoms with Crippen LogP contribution in [0.15, 0.2) is 42.7 Å². The topological polar surface area (TPSA) is 54.0 Å². The minimum atomic E-state index is -0.298. The Labute approximate surface area is 118 Å². The van der Waals surface area contributed by atoms with E-state index in [-0.39, 0.29) is 18.0 Å². The Morgan fingerprint density at radius 1 is 1.25 bits per heavy atom. The Bertz CT molecular complexity index is 639. The molecule has 0 radical (unpaired) electrons. The number of anilines is 1. The zero-order chi connectivity index (χ0) is 14.1. The molecule has 1 aromatic heterocycles. The molecule has 2 heterocycles. The van der Waals surface area contributed by atoms with Crippen LogP contribution in [-0.2, 0) is 4.79 Å². The maximum Gasteiger partial charge on any atom is 0.246 e. The Hall–Kier alpha value is -2.20. The van der Waals surface area contributed by atoms with E-state index in [0.717, 1.165) is 22.4 Å². The van der Waals surface area contributed by atoms with Crippen molar-refractivity contribution in [3.05, 3.63) is 59.4 Å². The smallest absolute Gasteiger partial charge is 0.246 e. The molecule has 0 saturated heterocycles. The number of pyridine rings is 1. The third-order valence-corrected chi connectivity index (χ3v) is 3.66. The molecule has 4 nitrogen and oxygen atoms in total. The molecule has 3 rings (SSSR count). The molecule has 1 amide bonds. The van der Waals surface area contributed by atoms with Gasteiger partial charge in [-0.25, -0.2) is 0 Å². The van der Waals surface area contributed by atoms with Crippen molar-refractivity contribution in [3.63, 3.8) is 0 Å². The fourth-order valence-corrected chi connectivity index (χ4v) is 2.54. The molecule has 20 heavy (non-hydrogen) atoms. The second-order valence-electron chi connectivity index (χ2n) is 5.18. The predicted octanol–water partition coefficient (Wildman–Crippen LogP) is 2.73. The molecule has 0 aliphatic carbocycles. The molecule has 1 aromatic carbocycles. The zero-order valence-corrected chi connectivity index (χ0v) is 11.6. The van der Waals surface area contributed by atoms with Crippen LogP contribution in [0.2, 0.25) is 0 Å². The summed E-state index contributed by atoms with van der Waals surface area (Å²) in [5.41, 5.74) is 4.20. The summed E-state index contributed by atoms with van der Waals surface area (Å²) in [6.45, 7) is 4.09. The van der Waals surface area contributed by atoms with Crippen LogP contribution in [0.4, 0.5) is 5.69 Å². The largest absolute Gasteiger partial charge is 0.324 e. The van der Waals surface area contributed by atoms with Crippen molar-refractivity contribution < 1.29 is 4.79 Å². The van der Waals surface area contributed by atoms with Crippen molar-refractivity contribution in [2.75, 3.05) is 5.32 Å². The Morgan fingerprint density at radius 2 is 2.00 bits per heavy atom. The van der Waals surface area contributed by atoms with Crippen molar-refractivity contribution >= 4 is 11.6 Å². The summed E-state index contributed by atoms with van der Waals surface area (Å²) in [5, 5.41) is 6.31. The van der Waals surface area contributed by atoms with E-state index in [1.807, 2.05) is 31.2 Å². The van der Waals surface area contributed by atoms with Gasteiger partial charge in [-0.3, -0.25) is 15.1 Å². The first-order valence-electron chi connectivity index (χ1n) is 6.72. The van der Waals surface area contributed by atoms with Gasteiger partial charge in [-0.1, -0.05) is 17.7 Å². The first-order valence-corrected chi connectivity index (χ1v) is 6.72. The number of nitrogens with one attached hydrogen (secondary N) is 2. The first kappa shape index (κ1) is 12.8. The molecular weight excluding hydrogens is 250 g/mol. The first-order chi connectivity index (χ1) is 9.65. The summed E-state index contributed by atoms with van der Waals surface area (Å²) in [6, 6.07) is 9.73. The van der Waals surface area contributed by atoms with E-state index in [1.165, 1.54) is 0 Å². The molecule has 2 aromatic rings. The van der Waals surface area contributed by atoms with Gasteiger partial charge >= 0.3 is 0 Å². The van der Waals surface area contributed by atoms with Crippen LogP contribution in [0, 0.1) is 6.92 Å². The van der Waals surface area contributed by atoms with Gasteiger partial charge in [0.05, 0.1) is 0 Å². The number of amides is 1. The number of benzene rings is 1. The SMILES string of the molecule is Cc1ccc2c(c1)C(NC(C)c1ccncc1)C(=O)N2. The second-order valence-corrected chi connectivity index (χ2v) is 5.18. The van der Waals surface area contributed by atoms with Crippen molar-refractivity contribution in [2.24, 2.45) is 0 Å². The number of aromatic nitrogens is 1. The van der Waals surface area contributed by atoms with Crippen molar-refractivity contribution in [2.45, 2.75) is 25.9 Å². The lowest BCUT2D eigenvalue weighted by atomic mass is 10.0. The summed E-state index contributed by atoms with van der Waals surface area (Å²) in [5.74, 6) is 0.00602. The van der Waals surface area contributed by atoms with Crippen LogP contribution < -0.4 is 10.6 Å². The summed E-state index contributed by atoms with van der Waals surface area (Å²) < 4.78 is 0. The number of aryl methyl sites for hydroxylation is 1. The fraction of sp³-hybridized carbons (Fsp3) is 0.250. The Balaban J connectivity index is 1.85. The van der Waals surface area contributed by atoms with Crippen molar-refractivity contribution in [1.82, 2.24) is 10.3 Å². The molecule has 2 atom stereocenters. The second kappa shape index (κ2) is 5.06. The number of nitrogens with zero attached hydrogens (tertiary/aromatic N) is 1. The van der Waals surface area contributed by atoms with E-state index >= 15 is 0 Å². The van der Waals surface area contributed by atoms with Gasteiger partial charge in [0.1, 0.15) is 6.04 Å². The minimum Gasteiger partial charge on any atom is -0.324 e. The van der Waals surface area contributed by atoms with Crippen LogP contribution in [0.1, 0.15) is 35.7 Å². The summed E-state index contributed by atoms with van der Waals surface area (Å²) in [4.78, 5) is 16.1. The average Bonchev–Trinajstić information content (AvgIpc) is 2.76. The van der Waals surface area contributed by atoms with E-state index in [0.29, 0.717) is 0 Å². The number of carbonyl (C=O) groups excluding carboxylic acids is 1. The average molecular weight is 267 g/mol. The number of carbonyl (C=O) groups is 1. The van der Waals surface area contributed by atoms with Crippen LogP contribution in [-0.4, -0.2) is 10.9 Å². The highest BCUT2D eigenvalue weighted by molar-refractivity contribution is 6.02. The molecule has 2 N–H and O–H groups in total. The molecule has 0 saturated carbocycles. The van der Waals surface area contributed by atoms with Gasteiger partial charge < -0.3 is 5.32 Å². The molecule has 102 valence electrons. The zero-order valence-electron chi connectivity index (χ0n) is 11.6.